The molecule has 0 saturated carbocycles. The van der Waals surface area contributed by atoms with Crippen LogP contribution in [0.25, 0.3) is 0 Å². The molecule has 0 heterocycles. The zero-order chi connectivity index (χ0) is 11.4. The Bertz CT molecular complexity index is 136. The van der Waals surface area contributed by atoms with Crippen LogP contribution in [0.15, 0.2) is 12.7 Å². The first-order valence-electron chi connectivity index (χ1n) is 6.30. The van der Waals surface area contributed by atoms with Crippen LogP contribution >= 0.6 is 0 Å². The standard InChI is InChI=1S/C13H27NO/c1-3-5-7-9-13(14-11-12-15)10-8-6-4-2/h3,13-15H,1,4-12H2,2H3. The van der Waals surface area contributed by atoms with Crippen molar-refractivity contribution in [1.29, 1.82) is 0 Å². The molecule has 2 heteroatoms. The van der Waals surface area contributed by atoms with E-state index in [1.807, 2.05) is 6.08 Å². The Labute approximate surface area is 94.8 Å². The van der Waals surface area contributed by atoms with Crippen molar-refractivity contribution in [2.24, 2.45) is 0 Å². The monoisotopic (exact) mass is 213 g/mol. The molecule has 15 heavy (non-hydrogen) atoms. The SMILES string of the molecule is C=CCCCC(CCCCC)NCCO. The summed E-state index contributed by atoms with van der Waals surface area (Å²) < 4.78 is 0. The Balaban J connectivity index is 3.57. The Morgan fingerprint density at radius 2 is 2.00 bits per heavy atom. The van der Waals surface area contributed by atoms with Gasteiger partial charge < -0.3 is 10.4 Å². The van der Waals surface area contributed by atoms with Gasteiger partial charge in [-0.15, -0.1) is 6.58 Å². The first-order chi connectivity index (χ1) is 7.35. The van der Waals surface area contributed by atoms with Gasteiger partial charge in [-0.2, -0.15) is 0 Å². The summed E-state index contributed by atoms with van der Waals surface area (Å²) in [5, 5.41) is 12.2. The molecule has 0 aliphatic rings. The van der Waals surface area contributed by atoms with Crippen LogP contribution in [0.1, 0.15) is 51.9 Å². The lowest BCUT2D eigenvalue weighted by atomic mass is 10.0. The van der Waals surface area contributed by atoms with E-state index in [0.29, 0.717) is 6.04 Å². The van der Waals surface area contributed by atoms with Crippen molar-refractivity contribution in [1.82, 2.24) is 5.32 Å². The largest absolute Gasteiger partial charge is 0.395 e. The van der Waals surface area contributed by atoms with E-state index in [2.05, 4.69) is 18.8 Å². The molecule has 1 atom stereocenters. The maximum absolute atomic E-state index is 8.78. The molecule has 2 N–H and O–H groups in total. The number of hydrogen-bond donors (Lipinski definition) is 2. The predicted molar refractivity (Wildman–Crippen MR) is 67.1 cm³/mol. The zero-order valence-corrected chi connectivity index (χ0v) is 10.2. The fourth-order valence-corrected chi connectivity index (χ4v) is 1.77. The number of allylic oxidation sites excluding steroid dienone is 1. The minimum Gasteiger partial charge on any atom is -0.395 e. The summed E-state index contributed by atoms with van der Waals surface area (Å²) >= 11 is 0. The van der Waals surface area contributed by atoms with E-state index in [4.69, 9.17) is 5.11 Å². The van der Waals surface area contributed by atoms with E-state index in [0.717, 1.165) is 13.0 Å². The summed E-state index contributed by atoms with van der Waals surface area (Å²) in [6.45, 7) is 6.93. The maximum Gasteiger partial charge on any atom is 0.0556 e. The summed E-state index contributed by atoms with van der Waals surface area (Å²) in [7, 11) is 0. The van der Waals surface area contributed by atoms with Crippen LogP contribution in [-0.2, 0) is 0 Å². The topological polar surface area (TPSA) is 32.3 Å². The molecule has 0 aliphatic carbocycles. The fourth-order valence-electron chi connectivity index (χ4n) is 1.77. The van der Waals surface area contributed by atoms with Crippen molar-refractivity contribution in [3.8, 4) is 0 Å². The van der Waals surface area contributed by atoms with Crippen LogP contribution < -0.4 is 5.32 Å². The number of rotatable bonds is 11. The minimum atomic E-state index is 0.242. The average Bonchev–Trinajstić information content (AvgIpc) is 2.25. The van der Waals surface area contributed by atoms with Gasteiger partial charge in [-0.25, -0.2) is 0 Å². The van der Waals surface area contributed by atoms with Gasteiger partial charge in [0.25, 0.3) is 0 Å². The van der Waals surface area contributed by atoms with Crippen LogP contribution in [0.4, 0.5) is 0 Å². The third-order valence-electron chi connectivity index (χ3n) is 2.66. The first kappa shape index (κ1) is 14.7. The Hall–Kier alpha value is -0.340. The van der Waals surface area contributed by atoms with Crippen molar-refractivity contribution < 1.29 is 5.11 Å². The van der Waals surface area contributed by atoms with E-state index >= 15 is 0 Å². The molecule has 0 saturated heterocycles. The number of unbranched alkanes of at least 4 members (excludes halogenated alkanes) is 3. The molecule has 0 aromatic carbocycles. The Morgan fingerprint density at radius 3 is 2.60 bits per heavy atom. The number of aliphatic hydroxyl groups excluding tert-OH is 1. The van der Waals surface area contributed by atoms with Gasteiger partial charge in [-0.1, -0.05) is 32.3 Å². The van der Waals surface area contributed by atoms with Crippen LogP contribution in [0.3, 0.4) is 0 Å². The molecule has 0 aromatic rings. The molecular formula is C13H27NO. The number of hydrogen-bond acceptors (Lipinski definition) is 2. The molecule has 0 aromatic heterocycles. The average molecular weight is 213 g/mol. The molecule has 0 spiro atoms. The highest BCUT2D eigenvalue weighted by molar-refractivity contribution is 4.71. The molecule has 0 amide bonds. The van der Waals surface area contributed by atoms with E-state index in [1.165, 1.54) is 38.5 Å². The molecule has 0 radical (unpaired) electrons. The highest BCUT2D eigenvalue weighted by Crippen LogP contribution is 2.09. The second-order valence-corrected chi connectivity index (χ2v) is 4.09. The van der Waals surface area contributed by atoms with Gasteiger partial charge in [0.05, 0.1) is 6.61 Å². The third kappa shape index (κ3) is 9.95. The van der Waals surface area contributed by atoms with Gasteiger partial charge in [0.15, 0.2) is 0 Å². The zero-order valence-electron chi connectivity index (χ0n) is 10.2. The summed E-state index contributed by atoms with van der Waals surface area (Å²) in [6, 6.07) is 0.587. The van der Waals surface area contributed by atoms with Crippen molar-refractivity contribution in [2.75, 3.05) is 13.2 Å². The van der Waals surface area contributed by atoms with Gasteiger partial charge in [0.1, 0.15) is 0 Å². The predicted octanol–water partition coefficient (Wildman–Crippen LogP) is 2.87. The lowest BCUT2D eigenvalue weighted by molar-refractivity contribution is 0.278. The van der Waals surface area contributed by atoms with Crippen molar-refractivity contribution in [2.45, 2.75) is 57.9 Å². The van der Waals surface area contributed by atoms with Crippen molar-refractivity contribution in [3.63, 3.8) is 0 Å². The molecule has 0 fully saturated rings. The van der Waals surface area contributed by atoms with Crippen molar-refractivity contribution >= 4 is 0 Å². The Kier molecular flexibility index (Phi) is 11.5. The third-order valence-corrected chi connectivity index (χ3v) is 2.66. The van der Waals surface area contributed by atoms with E-state index in [9.17, 15) is 0 Å². The summed E-state index contributed by atoms with van der Waals surface area (Å²) in [6.07, 6.45) is 10.6. The van der Waals surface area contributed by atoms with E-state index in [-0.39, 0.29) is 6.61 Å². The van der Waals surface area contributed by atoms with Gasteiger partial charge in [0, 0.05) is 12.6 Å². The highest BCUT2D eigenvalue weighted by Gasteiger charge is 2.06. The van der Waals surface area contributed by atoms with Crippen LogP contribution in [0.2, 0.25) is 0 Å². The second kappa shape index (κ2) is 11.7. The normalized spacial score (nSPS) is 12.7. The molecule has 1 unspecified atom stereocenters. The number of nitrogens with one attached hydrogen (secondary N) is 1. The molecular weight excluding hydrogens is 186 g/mol. The first-order valence-corrected chi connectivity index (χ1v) is 6.30. The van der Waals surface area contributed by atoms with Gasteiger partial charge in [-0.05, 0) is 25.7 Å². The lowest BCUT2D eigenvalue weighted by Gasteiger charge is -2.17. The molecule has 0 bridgehead atoms. The smallest absolute Gasteiger partial charge is 0.0556 e. The van der Waals surface area contributed by atoms with Crippen LogP contribution in [0.5, 0.6) is 0 Å². The molecule has 90 valence electrons. The van der Waals surface area contributed by atoms with Crippen molar-refractivity contribution in [3.05, 3.63) is 12.7 Å². The quantitative estimate of drug-likeness (QED) is 0.408. The summed E-state index contributed by atoms with van der Waals surface area (Å²) in [5.74, 6) is 0. The second-order valence-electron chi connectivity index (χ2n) is 4.09. The van der Waals surface area contributed by atoms with Gasteiger partial charge in [0.2, 0.25) is 0 Å². The summed E-state index contributed by atoms with van der Waals surface area (Å²) in [4.78, 5) is 0. The van der Waals surface area contributed by atoms with Crippen LogP contribution in [0, 0.1) is 0 Å². The maximum atomic E-state index is 8.78. The summed E-state index contributed by atoms with van der Waals surface area (Å²) in [5.41, 5.74) is 0. The molecule has 0 rings (SSSR count). The Morgan fingerprint density at radius 1 is 1.27 bits per heavy atom. The number of aliphatic hydroxyl groups is 1. The van der Waals surface area contributed by atoms with E-state index in [1.54, 1.807) is 0 Å². The van der Waals surface area contributed by atoms with Gasteiger partial charge >= 0.3 is 0 Å². The molecule has 0 aliphatic heterocycles. The van der Waals surface area contributed by atoms with Crippen LogP contribution in [-0.4, -0.2) is 24.3 Å². The van der Waals surface area contributed by atoms with E-state index < -0.39 is 0 Å². The van der Waals surface area contributed by atoms with Gasteiger partial charge in [-0.3, -0.25) is 0 Å². The fraction of sp³-hybridized carbons (Fsp3) is 0.846. The minimum absolute atomic E-state index is 0.242. The highest BCUT2D eigenvalue weighted by atomic mass is 16.3. The lowest BCUT2D eigenvalue weighted by Crippen LogP contribution is -2.31. The molecule has 2 nitrogen and oxygen atoms in total.